The number of anilines is 1. The standard InChI is InChI=1S/C15H24N2/c1-12-8-13(2)10-14(9-12)17(3)11-15(4-5-15)6-7-16/h8-10H,4-7,11,16H2,1-3H3. The lowest BCUT2D eigenvalue weighted by atomic mass is 10.0. The highest BCUT2D eigenvalue weighted by Crippen LogP contribution is 2.49. The molecule has 1 aromatic rings. The van der Waals surface area contributed by atoms with Crippen molar-refractivity contribution in [2.45, 2.75) is 33.1 Å². The summed E-state index contributed by atoms with van der Waals surface area (Å²) in [4.78, 5) is 2.39. The SMILES string of the molecule is Cc1cc(C)cc(N(C)CC2(CCN)CC2)c1. The summed E-state index contributed by atoms with van der Waals surface area (Å²) < 4.78 is 0. The molecule has 0 unspecified atom stereocenters. The van der Waals surface area contributed by atoms with E-state index >= 15 is 0 Å². The van der Waals surface area contributed by atoms with E-state index in [4.69, 9.17) is 5.73 Å². The Hall–Kier alpha value is -1.02. The predicted molar refractivity (Wildman–Crippen MR) is 74.5 cm³/mol. The first-order chi connectivity index (χ1) is 8.04. The zero-order chi connectivity index (χ0) is 12.5. The summed E-state index contributed by atoms with van der Waals surface area (Å²) in [5.74, 6) is 0. The summed E-state index contributed by atoms with van der Waals surface area (Å²) >= 11 is 0. The Bertz CT molecular complexity index is 374. The minimum atomic E-state index is 0.515. The molecule has 0 aliphatic heterocycles. The zero-order valence-corrected chi connectivity index (χ0v) is 11.3. The molecule has 0 heterocycles. The lowest BCUT2D eigenvalue weighted by molar-refractivity contribution is 0.475. The summed E-state index contributed by atoms with van der Waals surface area (Å²) in [5.41, 5.74) is 10.2. The smallest absolute Gasteiger partial charge is 0.0369 e. The molecular formula is C15H24N2. The second kappa shape index (κ2) is 4.69. The first kappa shape index (κ1) is 12.4. The lowest BCUT2D eigenvalue weighted by Crippen LogP contribution is -2.28. The summed E-state index contributed by atoms with van der Waals surface area (Å²) in [6.07, 6.45) is 3.86. The van der Waals surface area contributed by atoms with Gasteiger partial charge in [0.1, 0.15) is 0 Å². The molecule has 0 aromatic heterocycles. The van der Waals surface area contributed by atoms with Gasteiger partial charge in [0.05, 0.1) is 0 Å². The molecule has 0 radical (unpaired) electrons. The van der Waals surface area contributed by atoms with Crippen LogP contribution in [0.15, 0.2) is 18.2 Å². The minimum absolute atomic E-state index is 0.515. The molecule has 1 aromatic carbocycles. The van der Waals surface area contributed by atoms with E-state index in [1.54, 1.807) is 0 Å². The minimum Gasteiger partial charge on any atom is -0.374 e. The fraction of sp³-hybridized carbons (Fsp3) is 0.600. The molecule has 2 heteroatoms. The van der Waals surface area contributed by atoms with E-state index in [2.05, 4.69) is 44.0 Å². The van der Waals surface area contributed by atoms with Crippen molar-refractivity contribution in [1.82, 2.24) is 0 Å². The molecule has 0 saturated heterocycles. The van der Waals surface area contributed by atoms with Crippen molar-refractivity contribution in [3.05, 3.63) is 29.3 Å². The quantitative estimate of drug-likeness (QED) is 0.846. The van der Waals surface area contributed by atoms with E-state index in [1.165, 1.54) is 36.1 Å². The monoisotopic (exact) mass is 232 g/mol. The van der Waals surface area contributed by atoms with Crippen LogP contribution in [0.25, 0.3) is 0 Å². The largest absolute Gasteiger partial charge is 0.374 e. The molecule has 1 aliphatic rings. The van der Waals surface area contributed by atoms with Crippen LogP contribution in [0.2, 0.25) is 0 Å². The molecule has 1 aliphatic carbocycles. The van der Waals surface area contributed by atoms with Crippen molar-refractivity contribution < 1.29 is 0 Å². The van der Waals surface area contributed by atoms with Gasteiger partial charge < -0.3 is 10.6 Å². The molecule has 2 nitrogen and oxygen atoms in total. The molecule has 1 fully saturated rings. The molecule has 0 atom stereocenters. The van der Waals surface area contributed by atoms with Gasteiger partial charge in [0.2, 0.25) is 0 Å². The Morgan fingerprint density at radius 3 is 2.24 bits per heavy atom. The van der Waals surface area contributed by atoms with Crippen LogP contribution in [0, 0.1) is 19.3 Å². The van der Waals surface area contributed by atoms with E-state index in [0.29, 0.717) is 5.41 Å². The van der Waals surface area contributed by atoms with Gasteiger partial charge in [-0.3, -0.25) is 0 Å². The molecular weight excluding hydrogens is 208 g/mol. The van der Waals surface area contributed by atoms with E-state index < -0.39 is 0 Å². The third kappa shape index (κ3) is 3.01. The van der Waals surface area contributed by atoms with Gasteiger partial charge in [-0.05, 0) is 68.3 Å². The number of hydrogen-bond donors (Lipinski definition) is 1. The summed E-state index contributed by atoms with van der Waals surface area (Å²) in [5, 5.41) is 0. The Labute approximate surface area is 105 Å². The first-order valence-electron chi connectivity index (χ1n) is 6.54. The zero-order valence-electron chi connectivity index (χ0n) is 11.3. The maximum atomic E-state index is 5.70. The van der Waals surface area contributed by atoms with Crippen molar-refractivity contribution in [1.29, 1.82) is 0 Å². The number of aryl methyl sites for hydroxylation is 2. The fourth-order valence-electron chi connectivity index (χ4n) is 2.74. The van der Waals surface area contributed by atoms with Crippen molar-refractivity contribution in [3.8, 4) is 0 Å². The van der Waals surface area contributed by atoms with E-state index in [1.807, 2.05) is 0 Å². The van der Waals surface area contributed by atoms with E-state index in [0.717, 1.165) is 13.1 Å². The van der Waals surface area contributed by atoms with Crippen LogP contribution < -0.4 is 10.6 Å². The van der Waals surface area contributed by atoms with Gasteiger partial charge in [0, 0.05) is 19.3 Å². The third-order valence-corrected chi connectivity index (χ3v) is 3.85. The normalized spacial score (nSPS) is 16.9. The number of rotatable bonds is 5. The van der Waals surface area contributed by atoms with Crippen molar-refractivity contribution in [3.63, 3.8) is 0 Å². The van der Waals surface area contributed by atoms with E-state index in [9.17, 15) is 0 Å². The molecule has 2 N–H and O–H groups in total. The summed E-state index contributed by atoms with van der Waals surface area (Å²) in [6.45, 7) is 6.29. The topological polar surface area (TPSA) is 29.3 Å². The van der Waals surface area contributed by atoms with Crippen LogP contribution in [0.5, 0.6) is 0 Å². The maximum Gasteiger partial charge on any atom is 0.0369 e. The highest BCUT2D eigenvalue weighted by Gasteiger charge is 2.42. The second-order valence-corrected chi connectivity index (χ2v) is 5.74. The highest BCUT2D eigenvalue weighted by atomic mass is 15.1. The maximum absolute atomic E-state index is 5.70. The van der Waals surface area contributed by atoms with Crippen LogP contribution in [-0.2, 0) is 0 Å². The average Bonchev–Trinajstić information content (AvgIpc) is 2.97. The van der Waals surface area contributed by atoms with Gasteiger partial charge in [0.25, 0.3) is 0 Å². The molecule has 0 amide bonds. The van der Waals surface area contributed by atoms with Crippen LogP contribution in [-0.4, -0.2) is 20.1 Å². The Balaban J connectivity index is 2.06. The number of nitrogens with zero attached hydrogens (tertiary/aromatic N) is 1. The van der Waals surface area contributed by atoms with Gasteiger partial charge in [-0.25, -0.2) is 0 Å². The molecule has 0 bridgehead atoms. The van der Waals surface area contributed by atoms with Crippen molar-refractivity contribution in [2.24, 2.45) is 11.1 Å². The lowest BCUT2D eigenvalue weighted by Gasteiger charge is -2.26. The summed E-state index contributed by atoms with van der Waals surface area (Å²) in [7, 11) is 2.20. The molecule has 17 heavy (non-hydrogen) atoms. The Morgan fingerprint density at radius 2 is 1.76 bits per heavy atom. The number of hydrogen-bond acceptors (Lipinski definition) is 2. The Morgan fingerprint density at radius 1 is 1.18 bits per heavy atom. The van der Waals surface area contributed by atoms with Crippen molar-refractivity contribution >= 4 is 5.69 Å². The van der Waals surface area contributed by atoms with Crippen LogP contribution in [0.4, 0.5) is 5.69 Å². The molecule has 0 spiro atoms. The van der Waals surface area contributed by atoms with Gasteiger partial charge in [-0.15, -0.1) is 0 Å². The predicted octanol–water partition coefficient (Wildman–Crippen LogP) is 2.87. The molecule has 1 saturated carbocycles. The average molecular weight is 232 g/mol. The van der Waals surface area contributed by atoms with Gasteiger partial charge in [0.15, 0.2) is 0 Å². The number of benzene rings is 1. The van der Waals surface area contributed by atoms with Crippen LogP contribution in [0.3, 0.4) is 0 Å². The van der Waals surface area contributed by atoms with Gasteiger partial charge in [-0.2, -0.15) is 0 Å². The number of nitrogens with two attached hydrogens (primary N) is 1. The van der Waals surface area contributed by atoms with Crippen LogP contribution >= 0.6 is 0 Å². The van der Waals surface area contributed by atoms with E-state index in [-0.39, 0.29) is 0 Å². The van der Waals surface area contributed by atoms with Crippen molar-refractivity contribution in [2.75, 3.05) is 25.0 Å². The highest BCUT2D eigenvalue weighted by molar-refractivity contribution is 5.50. The van der Waals surface area contributed by atoms with Crippen LogP contribution in [0.1, 0.15) is 30.4 Å². The third-order valence-electron chi connectivity index (χ3n) is 3.85. The fourth-order valence-corrected chi connectivity index (χ4v) is 2.74. The van der Waals surface area contributed by atoms with Gasteiger partial charge in [-0.1, -0.05) is 6.07 Å². The first-order valence-corrected chi connectivity index (χ1v) is 6.54. The molecule has 2 rings (SSSR count). The summed E-state index contributed by atoms with van der Waals surface area (Å²) in [6, 6.07) is 6.77. The molecule has 94 valence electrons. The Kier molecular flexibility index (Phi) is 3.43. The second-order valence-electron chi connectivity index (χ2n) is 5.74. The van der Waals surface area contributed by atoms with Gasteiger partial charge >= 0.3 is 0 Å².